The van der Waals surface area contributed by atoms with Crippen molar-refractivity contribution in [2.45, 2.75) is 46.0 Å². The summed E-state index contributed by atoms with van der Waals surface area (Å²) in [5, 5.41) is 5.27. The molecule has 2 aromatic heterocycles. The van der Waals surface area contributed by atoms with Gasteiger partial charge in [0.2, 0.25) is 0 Å². The van der Waals surface area contributed by atoms with Crippen molar-refractivity contribution in [1.82, 2.24) is 4.98 Å². The molecule has 0 spiro atoms. The molecular weight excluding hydrogens is 382 g/mol. The lowest BCUT2D eigenvalue weighted by Gasteiger charge is -2.22. The van der Waals surface area contributed by atoms with Crippen LogP contribution in [0, 0.1) is 0 Å². The highest BCUT2D eigenvalue weighted by molar-refractivity contribution is 7.26. The van der Waals surface area contributed by atoms with Crippen LogP contribution in [0.4, 0.5) is 0 Å². The van der Waals surface area contributed by atoms with E-state index in [4.69, 9.17) is 4.98 Å². The second-order valence-electron chi connectivity index (χ2n) is 9.54. The molecule has 1 nitrogen and oxygen atoms in total. The van der Waals surface area contributed by atoms with Gasteiger partial charge in [0.1, 0.15) is 0 Å². The topological polar surface area (TPSA) is 12.9 Å². The van der Waals surface area contributed by atoms with E-state index < -0.39 is 0 Å². The van der Waals surface area contributed by atoms with Gasteiger partial charge < -0.3 is 0 Å². The van der Waals surface area contributed by atoms with Crippen molar-refractivity contribution in [1.29, 1.82) is 0 Å². The summed E-state index contributed by atoms with van der Waals surface area (Å²) in [6, 6.07) is 22.5. The maximum absolute atomic E-state index is 4.87. The molecule has 0 aliphatic rings. The average Bonchev–Trinajstić information content (AvgIpc) is 3.10. The Labute approximate surface area is 182 Å². The summed E-state index contributed by atoms with van der Waals surface area (Å²) in [7, 11) is 0. The Kier molecular flexibility index (Phi) is 4.44. The summed E-state index contributed by atoms with van der Waals surface area (Å²) < 4.78 is 2.61. The molecule has 0 N–H and O–H groups in total. The minimum absolute atomic E-state index is 0.0653. The molecule has 0 aliphatic heterocycles. The van der Waals surface area contributed by atoms with E-state index in [2.05, 4.69) is 95.3 Å². The largest absolute Gasteiger partial charge is 0.255 e. The molecule has 5 aromatic rings. The number of rotatable bonds is 2. The van der Waals surface area contributed by atoms with Crippen LogP contribution in [0.3, 0.4) is 0 Å². The maximum Gasteiger partial charge on any atom is 0.0880 e. The van der Waals surface area contributed by atoms with Crippen LogP contribution in [-0.4, -0.2) is 4.98 Å². The molecule has 0 amide bonds. The molecule has 150 valence electrons. The second-order valence-corrected chi connectivity index (χ2v) is 10.6. The molecule has 0 bridgehead atoms. The molecule has 0 fully saturated rings. The predicted octanol–water partition coefficient (Wildman–Crippen LogP) is 8.69. The number of thiophene rings is 1. The van der Waals surface area contributed by atoms with Gasteiger partial charge >= 0.3 is 0 Å². The van der Waals surface area contributed by atoms with Gasteiger partial charge in [-0.25, -0.2) is 0 Å². The fraction of sp³-hybridized carbons (Fsp3) is 0.250. The summed E-state index contributed by atoms with van der Waals surface area (Å²) in [4.78, 5) is 4.87. The number of benzene rings is 3. The van der Waals surface area contributed by atoms with Crippen molar-refractivity contribution in [3.8, 4) is 11.3 Å². The van der Waals surface area contributed by atoms with Crippen molar-refractivity contribution >= 4 is 42.3 Å². The first-order valence-electron chi connectivity index (χ1n) is 10.7. The Morgan fingerprint density at radius 2 is 1.63 bits per heavy atom. The van der Waals surface area contributed by atoms with Gasteiger partial charge in [0.15, 0.2) is 0 Å². The molecule has 0 aliphatic carbocycles. The van der Waals surface area contributed by atoms with Crippen molar-refractivity contribution in [3.05, 3.63) is 78.0 Å². The molecule has 0 saturated heterocycles. The molecule has 30 heavy (non-hydrogen) atoms. The number of fused-ring (bicyclic) bond motifs is 4. The van der Waals surface area contributed by atoms with Crippen molar-refractivity contribution in [2.75, 3.05) is 0 Å². The third kappa shape index (κ3) is 3.11. The standard InChI is InChI=1S/C28H27NS/c1-17(2)18-10-11-25-23(15-18)22-12-13-29-26(27(22)30-25)20-14-19-8-6-7-9-21(19)24(16-20)28(3,4)5/h6-17H,1-5H3. The van der Waals surface area contributed by atoms with Gasteiger partial charge in [0.25, 0.3) is 0 Å². The van der Waals surface area contributed by atoms with Crippen LogP contribution >= 0.6 is 11.3 Å². The molecule has 2 heterocycles. The Bertz CT molecular complexity index is 1400. The fourth-order valence-corrected chi connectivity index (χ4v) is 5.54. The highest BCUT2D eigenvalue weighted by atomic mass is 32.1. The molecule has 0 atom stereocenters. The maximum atomic E-state index is 4.87. The van der Waals surface area contributed by atoms with Crippen LogP contribution in [0.1, 0.15) is 51.7 Å². The third-order valence-electron chi connectivity index (χ3n) is 6.02. The smallest absolute Gasteiger partial charge is 0.0880 e. The lowest BCUT2D eigenvalue weighted by Crippen LogP contribution is -2.12. The Balaban J connectivity index is 1.81. The number of aromatic nitrogens is 1. The first kappa shape index (κ1) is 19.3. The van der Waals surface area contributed by atoms with E-state index in [-0.39, 0.29) is 5.41 Å². The second kappa shape index (κ2) is 6.92. The number of nitrogens with zero attached hydrogens (tertiary/aromatic N) is 1. The van der Waals surface area contributed by atoms with Crippen LogP contribution in [0.2, 0.25) is 0 Å². The summed E-state index contributed by atoms with van der Waals surface area (Å²) in [5.74, 6) is 0.528. The highest BCUT2D eigenvalue weighted by Gasteiger charge is 2.20. The number of hydrogen-bond acceptors (Lipinski definition) is 2. The molecular formula is C28H27NS. The molecule has 5 rings (SSSR count). The van der Waals surface area contributed by atoms with Crippen molar-refractivity contribution in [3.63, 3.8) is 0 Å². The van der Waals surface area contributed by atoms with Crippen LogP contribution < -0.4 is 0 Å². The normalized spacial score (nSPS) is 12.5. The van der Waals surface area contributed by atoms with E-state index >= 15 is 0 Å². The number of pyridine rings is 1. The first-order valence-corrected chi connectivity index (χ1v) is 11.5. The summed E-state index contributed by atoms with van der Waals surface area (Å²) in [5.41, 5.74) is 5.13. The van der Waals surface area contributed by atoms with E-state index in [1.165, 1.54) is 47.6 Å². The zero-order chi connectivity index (χ0) is 21.0. The zero-order valence-electron chi connectivity index (χ0n) is 18.3. The molecule has 0 radical (unpaired) electrons. The quantitative estimate of drug-likeness (QED) is 0.284. The van der Waals surface area contributed by atoms with Gasteiger partial charge in [-0.2, -0.15) is 0 Å². The molecule has 0 unspecified atom stereocenters. The van der Waals surface area contributed by atoms with Gasteiger partial charge in [-0.1, -0.05) is 65.0 Å². The van der Waals surface area contributed by atoms with E-state index in [0.29, 0.717) is 5.92 Å². The summed E-state index contributed by atoms with van der Waals surface area (Å²) in [6.45, 7) is 11.4. The lowest BCUT2D eigenvalue weighted by atomic mass is 9.82. The Morgan fingerprint density at radius 1 is 0.833 bits per heavy atom. The van der Waals surface area contributed by atoms with E-state index in [9.17, 15) is 0 Å². The van der Waals surface area contributed by atoms with Gasteiger partial charge in [-0.05, 0) is 63.6 Å². The summed E-state index contributed by atoms with van der Waals surface area (Å²) in [6.07, 6.45) is 1.97. The van der Waals surface area contributed by atoms with E-state index in [1.54, 1.807) is 0 Å². The van der Waals surface area contributed by atoms with Gasteiger partial charge in [0, 0.05) is 27.2 Å². The van der Waals surface area contributed by atoms with Crippen LogP contribution in [0.25, 0.3) is 42.2 Å². The average molecular weight is 410 g/mol. The van der Waals surface area contributed by atoms with Gasteiger partial charge in [-0.3, -0.25) is 4.98 Å². The predicted molar refractivity (Wildman–Crippen MR) is 133 cm³/mol. The minimum Gasteiger partial charge on any atom is -0.255 e. The molecule has 2 heteroatoms. The monoisotopic (exact) mass is 409 g/mol. The van der Waals surface area contributed by atoms with Gasteiger partial charge in [-0.15, -0.1) is 11.3 Å². The molecule has 0 saturated carbocycles. The van der Waals surface area contributed by atoms with Crippen LogP contribution in [0.5, 0.6) is 0 Å². The SMILES string of the molecule is CC(C)c1ccc2sc3c(-c4cc(C(C)(C)C)c5ccccc5c4)nccc3c2c1. The third-order valence-corrected chi connectivity index (χ3v) is 7.21. The van der Waals surface area contributed by atoms with Crippen molar-refractivity contribution in [2.24, 2.45) is 0 Å². The van der Waals surface area contributed by atoms with Gasteiger partial charge in [0.05, 0.1) is 10.4 Å². The van der Waals surface area contributed by atoms with E-state index in [1.807, 2.05) is 17.5 Å². The fourth-order valence-electron chi connectivity index (χ4n) is 4.35. The van der Waals surface area contributed by atoms with E-state index in [0.717, 1.165) is 5.69 Å². The Morgan fingerprint density at radius 3 is 2.40 bits per heavy atom. The Hall–Kier alpha value is -2.71. The van der Waals surface area contributed by atoms with Crippen LogP contribution in [0.15, 0.2) is 66.9 Å². The van der Waals surface area contributed by atoms with Crippen molar-refractivity contribution < 1.29 is 0 Å². The van der Waals surface area contributed by atoms with Crippen LogP contribution in [-0.2, 0) is 5.41 Å². The minimum atomic E-state index is 0.0653. The summed E-state index contributed by atoms with van der Waals surface area (Å²) >= 11 is 1.86. The zero-order valence-corrected chi connectivity index (χ0v) is 19.1. The molecule has 3 aromatic carbocycles. The lowest BCUT2D eigenvalue weighted by molar-refractivity contribution is 0.596. The first-order chi connectivity index (χ1) is 14.3. The highest BCUT2D eigenvalue weighted by Crippen LogP contribution is 2.41. The number of hydrogen-bond donors (Lipinski definition) is 0.